The Hall–Kier alpha value is -4.37. The van der Waals surface area contributed by atoms with E-state index in [0.717, 1.165) is 39.6 Å². The maximum absolute atomic E-state index is 6.10. The number of nitrogen functional groups attached to an aromatic ring is 1. The zero-order chi connectivity index (χ0) is 27.7. The number of aromatic nitrogens is 4. The van der Waals surface area contributed by atoms with E-state index in [1.165, 1.54) is 0 Å². The number of methoxy groups -OCH3 is 1. The number of nitrogens with one attached hydrogen (secondary N) is 1. The Morgan fingerprint density at radius 2 is 1.82 bits per heavy atom. The molecule has 3 aromatic carbocycles. The van der Waals surface area contributed by atoms with Crippen LogP contribution < -0.4 is 20.5 Å². The molecule has 2 heterocycles. The molecule has 0 fully saturated rings. The Balaban J connectivity index is 1.62. The zero-order valence-electron chi connectivity index (χ0n) is 23.3. The number of fused-ring (bicyclic) bond motifs is 2. The SMILES string of the molecule is COc1cc2nc(-c3cccc(N)c3)nc(Nc3ccc4c(cnn4C(C)(C)C)c3)c2cc1OCCN(C)C. The fourth-order valence-electron chi connectivity index (χ4n) is 4.43. The van der Waals surface area contributed by atoms with Gasteiger partial charge in [-0.05, 0) is 71.3 Å². The van der Waals surface area contributed by atoms with Crippen molar-refractivity contribution in [2.24, 2.45) is 0 Å². The molecule has 0 aliphatic heterocycles. The molecule has 0 radical (unpaired) electrons. The number of anilines is 3. The van der Waals surface area contributed by atoms with E-state index in [1.807, 2.05) is 67.4 Å². The van der Waals surface area contributed by atoms with Gasteiger partial charge in [0.15, 0.2) is 17.3 Å². The molecule has 9 heteroatoms. The molecule has 2 aromatic heterocycles. The van der Waals surface area contributed by atoms with Gasteiger partial charge in [0.25, 0.3) is 0 Å². The molecular formula is C30H35N7O2. The fourth-order valence-corrected chi connectivity index (χ4v) is 4.43. The molecule has 5 rings (SSSR count). The van der Waals surface area contributed by atoms with E-state index < -0.39 is 0 Å². The van der Waals surface area contributed by atoms with Crippen LogP contribution in [0.25, 0.3) is 33.2 Å². The number of hydrogen-bond acceptors (Lipinski definition) is 8. The van der Waals surface area contributed by atoms with E-state index in [-0.39, 0.29) is 5.54 Å². The topological polar surface area (TPSA) is 103 Å². The first-order valence-corrected chi connectivity index (χ1v) is 12.9. The van der Waals surface area contributed by atoms with Gasteiger partial charge in [0, 0.05) is 40.3 Å². The van der Waals surface area contributed by atoms with Crippen molar-refractivity contribution in [3.8, 4) is 22.9 Å². The molecular weight excluding hydrogens is 490 g/mol. The summed E-state index contributed by atoms with van der Waals surface area (Å²) in [5, 5.41) is 10.00. The van der Waals surface area contributed by atoms with Crippen LogP contribution >= 0.6 is 0 Å². The molecule has 3 N–H and O–H groups in total. The maximum atomic E-state index is 6.10. The van der Waals surface area contributed by atoms with Gasteiger partial charge in [0.1, 0.15) is 12.4 Å². The summed E-state index contributed by atoms with van der Waals surface area (Å²) in [5.74, 6) is 2.46. The van der Waals surface area contributed by atoms with Gasteiger partial charge in [-0.1, -0.05) is 12.1 Å². The molecule has 0 unspecified atom stereocenters. The molecule has 0 amide bonds. The molecule has 0 spiro atoms. The number of ether oxygens (including phenoxy) is 2. The molecule has 9 nitrogen and oxygen atoms in total. The average Bonchev–Trinajstić information content (AvgIpc) is 3.32. The molecule has 0 aliphatic rings. The lowest BCUT2D eigenvalue weighted by molar-refractivity contribution is 0.251. The first kappa shape index (κ1) is 26.2. The second-order valence-corrected chi connectivity index (χ2v) is 10.8. The number of nitrogens with two attached hydrogens (primary N) is 1. The van der Waals surface area contributed by atoms with Crippen LogP contribution in [0.4, 0.5) is 17.2 Å². The van der Waals surface area contributed by atoms with Crippen molar-refractivity contribution in [3.63, 3.8) is 0 Å². The van der Waals surface area contributed by atoms with Gasteiger partial charge >= 0.3 is 0 Å². The standard InChI is InChI=1S/C30H35N7O2/c1-30(2,3)37-25-11-10-22(15-20(25)18-32-37)33-29-23-16-27(39-13-12-36(4)5)26(38-6)17-24(23)34-28(35-29)19-8-7-9-21(31)14-19/h7-11,14-18H,12-13,31H2,1-6H3,(H,33,34,35). The van der Waals surface area contributed by atoms with Crippen molar-refractivity contribution in [1.29, 1.82) is 0 Å². The normalized spacial score (nSPS) is 11.9. The van der Waals surface area contributed by atoms with E-state index in [1.54, 1.807) is 7.11 Å². The quantitative estimate of drug-likeness (QED) is 0.250. The van der Waals surface area contributed by atoms with Crippen molar-refractivity contribution in [3.05, 3.63) is 60.8 Å². The molecule has 202 valence electrons. The summed E-state index contributed by atoms with van der Waals surface area (Å²) in [6.07, 6.45) is 1.89. The summed E-state index contributed by atoms with van der Waals surface area (Å²) >= 11 is 0. The third-order valence-corrected chi connectivity index (χ3v) is 6.39. The van der Waals surface area contributed by atoms with Crippen molar-refractivity contribution >= 4 is 39.0 Å². The minimum absolute atomic E-state index is 0.117. The highest BCUT2D eigenvalue weighted by molar-refractivity contribution is 5.95. The summed E-state index contributed by atoms with van der Waals surface area (Å²) < 4.78 is 13.8. The average molecular weight is 526 g/mol. The van der Waals surface area contributed by atoms with E-state index in [2.05, 4.69) is 48.2 Å². The smallest absolute Gasteiger partial charge is 0.162 e. The summed E-state index contributed by atoms with van der Waals surface area (Å²) in [4.78, 5) is 11.9. The van der Waals surface area contributed by atoms with Crippen LogP contribution in [0.15, 0.2) is 60.8 Å². The Labute approximate surface area is 228 Å². The first-order chi connectivity index (χ1) is 18.6. The van der Waals surface area contributed by atoms with Crippen LogP contribution in [-0.2, 0) is 5.54 Å². The largest absolute Gasteiger partial charge is 0.493 e. The fraction of sp³-hybridized carbons (Fsp3) is 0.300. The molecule has 0 atom stereocenters. The molecule has 5 aromatic rings. The van der Waals surface area contributed by atoms with Gasteiger partial charge in [-0.3, -0.25) is 4.68 Å². The third-order valence-electron chi connectivity index (χ3n) is 6.39. The molecule has 0 saturated carbocycles. The predicted octanol–water partition coefficient (Wildman–Crippen LogP) is 5.68. The van der Waals surface area contributed by atoms with Gasteiger partial charge in [-0.15, -0.1) is 0 Å². The van der Waals surface area contributed by atoms with Crippen LogP contribution in [0.5, 0.6) is 11.5 Å². The molecule has 39 heavy (non-hydrogen) atoms. The van der Waals surface area contributed by atoms with Crippen LogP contribution in [0.1, 0.15) is 20.8 Å². The van der Waals surface area contributed by atoms with E-state index in [0.29, 0.717) is 35.4 Å². The van der Waals surface area contributed by atoms with Gasteiger partial charge in [-0.2, -0.15) is 5.10 Å². The Morgan fingerprint density at radius 1 is 1.00 bits per heavy atom. The Kier molecular flexibility index (Phi) is 7.01. The number of hydrogen-bond donors (Lipinski definition) is 2. The van der Waals surface area contributed by atoms with Crippen LogP contribution in [0.2, 0.25) is 0 Å². The van der Waals surface area contributed by atoms with E-state index in [9.17, 15) is 0 Å². The van der Waals surface area contributed by atoms with Gasteiger partial charge in [0.05, 0.1) is 29.9 Å². The number of benzene rings is 3. The lowest BCUT2D eigenvalue weighted by Crippen LogP contribution is -2.22. The summed E-state index contributed by atoms with van der Waals surface area (Å²) in [5.41, 5.74) is 10.1. The van der Waals surface area contributed by atoms with Gasteiger partial charge in [0.2, 0.25) is 0 Å². The summed E-state index contributed by atoms with van der Waals surface area (Å²) in [7, 11) is 5.65. The number of nitrogens with zero attached hydrogens (tertiary/aromatic N) is 5. The van der Waals surface area contributed by atoms with Crippen LogP contribution in [-0.4, -0.2) is 59.0 Å². The van der Waals surface area contributed by atoms with Crippen molar-refractivity contribution in [2.75, 3.05) is 45.4 Å². The van der Waals surface area contributed by atoms with Crippen molar-refractivity contribution in [1.82, 2.24) is 24.6 Å². The highest BCUT2D eigenvalue weighted by Crippen LogP contribution is 2.37. The lowest BCUT2D eigenvalue weighted by Gasteiger charge is -2.20. The Morgan fingerprint density at radius 3 is 2.54 bits per heavy atom. The van der Waals surface area contributed by atoms with E-state index in [4.69, 9.17) is 25.2 Å². The molecule has 0 aliphatic carbocycles. The summed E-state index contributed by atoms with van der Waals surface area (Å²) in [6.45, 7) is 7.72. The lowest BCUT2D eigenvalue weighted by atomic mass is 10.1. The molecule has 0 saturated heterocycles. The van der Waals surface area contributed by atoms with Crippen molar-refractivity contribution in [2.45, 2.75) is 26.3 Å². The highest BCUT2D eigenvalue weighted by Gasteiger charge is 2.18. The highest BCUT2D eigenvalue weighted by atomic mass is 16.5. The van der Waals surface area contributed by atoms with Gasteiger partial charge in [-0.25, -0.2) is 9.97 Å². The predicted molar refractivity (Wildman–Crippen MR) is 158 cm³/mol. The third kappa shape index (κ3) is 5.58. The van der Waals surface area contributed by atoms with Crippen LogP contribution in [0.3, 0.4) is 0 Å². The minimum atomic E-state index is -0.117. The maximum Gasteiger partial charge on any atom is 0.162 e. The Bertz CT molecular complexity index is 1640. The second-order valence-electron chi connectivity index (χ2n) is 10.8. The molecule has 0 bridgehead atoms. The van der Waals surface area contributed by atoms with Crippen LogP contribution in [0, 0.1) is 0 Å². The van der Waals surface area contributed by atoms with E-state index >= 15 is 0 Å². The van der Waals surface area contributed by atoms with Gasteiger partial charge < -0.3 is 25.4 Å². The second kappa shape index (κ2) is 10.4. The minimum Gasteiger partial charge on any atom is -0.493 e. The van der Waals surface area contributed by atoms with Crippen molar-refractivity contribution < 1.29 is 9.47 Å². The first-order valence-electron chi connectivity index (χ1n) is 12.9. The number of likely N-dealkylation sites (N-methyl/N-ethyl adjacent to an activating group) is 1. The zero-order valence-corrected chi connectivity index (χ0v) is 23.3. The monoisotopic (exact) mass is 525 g/mol. The number of rotatable bonds is 8. The summed E-state index contributed by atoms with van der Waals surface area (Å²) in [6, 6.07) is 17.6.